The van der Waals surface area contributed by atoms with Crippen molar-refractivity contribution in [2.45, 2.75) is 40.5 Å². The number of fused-ring (bicyclic) bond motifs is 1. The second-order valence-corrected chi connectivity index (χ2v) is 4.68. The number of aromatic amines is 1. The van der Waals surface area contributed by atoms with E-state index in [0.717, 1.165) is 35.6 Å². The van der Waals surface area contributed by atoms with E-state index in [1.807, 2.05) is 18.2 Å². The molecule has 1 aromatic heterocycles. The van der Waals surface area contributed by atoms with E-state index in [-0.39, 0.29) is 0 Å². The highest BCUT2D eigenvalue weighted by Crippen LogP contribution is 2.10. The second-order valence-electron chi connectivity index (χ2n) is 4.68. The highest BCUT2D eigenvalue weighted by Gasteiger charge is 1.98. The third kappa shape index (κ3) is 4.05. The van der Waals surface area contributed by atoms with E-state index < -0.39 is 0 Å². The van der Waals surface area contributed by atoms with Gasteiger partial charge in [0.25, 0.3) is 0 Å². The second kappa shape index (κ2) is 6.31. The fraction of sp³-hybridized carbons (Fsp3) is 0.500. The number of aromatic nitrogens is 2. The standard InChI is InChI=1S/C10H12N2.C4H10/c1-2-5-10-11-8-6-3-4-7-9(8)12-10;1-4(2)3/h3-4,6-7H,2,5H2,1H3,(H,11,12);4H,1-3H3. The molecule has 0 amide bonds. The van der Waals surface area contributed by atoms with Gasteiger partial charge in [-0.2, -0.15) is 0 Å². The number of hydrogen-bond acceptors (Lipinski definition) is 1. The molecule has 0 aliphatic rings. The number of hydrogen-bond donors (Lipinski definition) is 1. The molecule has 0 atom stereocenters. The van der Waals surface area contributed by atoms with Crippen LogP contribution in [0.2, 0.25) is 0 Å². The molecule has 16 heavy (non-hydrogen) atoms. The Morgan fingerprint density at radius 1 is 1.19 bits per heavy atom. The summed E-state index contributed by atoms with van der Waals surface area (Å²) in [5.74, 6) is 1.93. The van der Waals surface area contributed by atoms with Gasteiger partial charge in [-0.15, -0.1) is 0 Å². The normalized spacial score (nSPS) is 10.3. The average Bonchev–Trinajstić information content (AvgIpc) is 2.59. The van der Waals surface area contributed by atoms with E-state index in [4.69, 9.17) is 0 Å². The molecule has 0 radical (unpaired) electrons. The third-order valence-electron chi connectivity index (χ3n) is 1.93. The smallest absolute Gasteiger partial charge is 0.107 e. The predicted octanol–water partition coefficient (Wildman–Crippen LogP) is 4.18. The Labute approximate surface area is 98.1 Å². The molecule has 2 rings (SSSR count). The van der Waals surface area contributed by atoms with Crippen molar-refractivity contribution < 1.29 is 0 Å². The van der Waals surface area contributed by atoms with Crippen LogP contribution >= 0.6 is 0 Å². The molecule has 0 bridgehead atoms. The minimum atomic E-state index is 0.833. The summed E-state index contributed by atoms with van der Waals surface area (Å²) < 4.78 is 0. The Bertz CT molecular complexity index is 380. The van der Waals surface area contributed by atoms with Crippen LogP contribution in [0.4, 0.5) is 0 Å². The molecule has 0 fully saturated rings. The van der Waals surface area contributed by atoms with Gasteiger partial charge in [-0.25, -0.2) is 4.98 Å². The number of aryl methyl sites for hydroxylation is 1. The van der Waals surface area contributed by atoms with Gasteiger partial charge in [0.15, 0.2) is 0 Å². The molecule has 0 unspecified atom stereocenters. The number of nitrogens with zero attached hydrogens (tertiary/aromatic N) is 1. The van der Waals surface area contributed by atoms with Crippen molar-refractivity contribution >= 4 is 11.0 Å². The van der Waals surface area contributed by atoms with E-state index >= 15 is 0 Å². The largest absolute Gasteiger partial charge is 0.342 e. The van der Waals surface area contributed by atoms with Gasteiger partial charge < -0.3 is 4.98 Å². The average molecular weight is 218 g/mol. The molecule has 0 spiro atoms. The summed E-state index contributed by atoms with van der Waals surface area (Å²) in [6, 6.07) is 8.13. The molecule has 0 saturated carbocycles. The number of para-hydroxylation sites is 2. The Hall–Kier alpha value is -1.31. The quantitative estimate of drug-likeness (QED) is 0.805. The molecule has 1 N–H and O–H groups in total. The van der Waals surface area contributed by atoms with E-state index in [1.54, 1.807) is 0 Å². The molecule has 88 valence electrons. The van der Waals surface area contributed by atoms with Gasteiger partial charge in [0.1, 0.15) is 5.82 Å². The van der Waals surface area contributed by atoms with Crippen LogP contribution in [0.3, 0.4) is 0 Å². The van der Waals surface area contributed by atoms with Gasteiger partial charge in [-0.3, -0.25) is 0 Å². The molecular weight excluding hydrogens is 196 g/mol. The fourth-order valence-electron chi connectivity index (χ4n) is 1.36. The van der Waals surface area contributed by atoms with Crippen molar-refractivity contribution in [3.05, 3.63) is 30.1 Å². The zero-order valence-corrected chi connectivity index (χ0v) is 10.7. The third-order valence-corrected chi connectivity index (χ3v) is 1.93. The zero-order valence-electron chi connectivity index (χ0n) is 10.7. The zero-order chi connectivity index (χ0) is 12.0. The summed E-state index contributed by atoms with van der Waals surface area (Å²) in [7, 11) is 0. The van der Waals surface area contributed by atoms with Gasteiger partial charge in [0.05, 0.1) is 11.0 Å². The van der Waals surface area contributed by atoms with E-state index in [0.29, 0.717) is 0 Å². The molecular formula is C14H22N2. The van der Waals surface area contributed by atoms with Gasteiger partial charge in [-0.1, -0.05) is 39.8 Å². The van der Waals surface area contributed by atoms with Crippen molar-refractivity contribution in [2.75, 3.05) is 0 Å². The van der Waals surface area contributed by atoms with Crippen LogP contribution in [0.1, 0.15) is 39.9 Å². The maximum atomic E-state index is 4.45. The number of nitrogens with one attached hydrogen (secondary N) is 1. The monoisotopic (exact) mass is 218 g/mol. The summed E-state index contributed by atoms with van der Waals surface area (Å²) in [6.07, 6.45) is 2.18. The lowest BCUT2D eigenvalue weighted by atomic mass is 10.3. The van der Waals surface area contributed by atoms with Crippen molar-refractivity contribution in [1.29, 1.82) is 0 Å². The number of H-pyrrole nitrogens is 1. The van der Waals surface area contributed by atoms with Crippen LogP contribution in [0.5, 0.6) is 0 Å². The fourth-order valence-corrected chi connectivity index (χ4v) is 1.36. The minimum absolute atomic E-state index is 0.833. The molecule has 1 heterocycles. The minimum Gasteiger partial charge on any atom is -0.342 e. The molecule has 2 heteroatoms. The predicted molar refractivity (Wildman–Crippen MR) is 70.6 cm³/mol. The van der Waals surface area contributed by atoms with Gasteiger partial charge >= 0.3 is 0 Å². The summed E-state index contributed by atoms with van der Waals surface area (Å²) in [4.78, 5) is 7.73. The van der Waals surface area contributed by atoms with Crippen molar-refractivity contribution in [3.8, 4) is 0 Å². The van der Waals surface area contributed by atoms with Crippen LogP contribution in [0.25, 0.3) is 11.0 Å². The van der Waals surface area contributed by atoms with Gasteiger partial charge in [0.2, 0.25) is 0 Å². The number of rotatable bonds is 2. The van der Waals surface area contributed by atoms with Crippen LogP contribution in [0.15, 0.2) is 24.3 Å². The lowest BCUT2D eigenvalue weighted by Crippen LogP contribution is -1.83. The Morgan fingerprint density at radius 3 is 2.38 bits per heavy atom. The SMILES string of the molecule is CC(C)C.CCCc1nc2ccccc2[nH]1. The lowest BCUT2D eigenvalue weighted by molar-refractivity contribution is 0.737. The van der Waals surface area contributed by atoms with Crippen molar-refractivity contribution in [1.82, 2.24) is 9.97 Å². The van der Waals surface area contributed by atoms with Crippen LogP contribution in [-0.2, 0) is 6.42 Å². The molecule has 0 saturated heterocycles. The topological polar surface area (TPSA) is 28.7 Å². The van der Waals surface area contributed by atoms with Crippen molar-refractivity contribution in [2.24, 2.45) is 5.92 Å². The van der Waals surface area contributed by atoms with Crippen molar-refractivity contribution in [3.63, 3.8) is 0 Å². The molecule has 0 aliphatic heterocycles. The van der Waals surface area contributed by atoms with E-state index in [2.05, 4.69) is 43.7 Å². The van der Waals surface area contributed by atoms with Crippen LogP contribution in [0, 0.1) is 5.92 Å². The Kier molecular flexibility index (Phi) is 5.03. The maximum Gasteiger partial charge on any atom is 0.107 e. The first-order valence-corrected chi connectivity index (χ1v) is 6.07. The number of imidazole rings is 1. The van der Waals surface area contributed by atoms with Crippen LogP contribution in [-0.4, -0.2) is 9.97 Å². The summed E-state index contributed by atoms with van der Waals surface area (Å²) in [5, 5.41) is 0. The highest BCUT2D eigenvalue weighted by molar-refractivity contribution is 5.74. The first-order valence-electron chi connectivity index (χ1n) is 6.07. The summed E-state index contributed by atoms with van der Waals surface area (Å²) in [5.41, 5.74) is 2.21. The van der Waals surface area contributed by atoms with Gasteiger partial charge in [-0.05, 0) is 24.5 Å². The summed E-state index contributed by atoms with van der Waals surface area (Å²) in [6.45, 7) is 8.66. The first-order chi connectivity index (χ1) is 7.63. The molecule has 0 aliphatic carbocycles. The van der Waals surface area contributed by atoms with Crippen LogP contribution < -0.4 is 0 Å². The lowest BCUT2D eigenvalue weighted by Gasteiger charge is -1.86. The summed E-state index contributed by atoms with van der Waals surface area (Å²) >= 11 is 0. The number of benzene rings is 1. The molecule has 1 aromatic carbocycles. The Balaban J connectivity index is 0.000000280. The highest BCUT2D eigenvalue weighted by atomic mass is 14.9. The first kappa shape index (κ1) is 12.8. The molecule has 2 nitrogen and oxygen atoms in total. The van der Waals surface area contributed by atoms with E-state index in [9.17, 15) is 0 Å². The Morgan fingerprint density at radius 2 is 1.81 bits per heavy atom. The molecule has 2 aromatic rings. The van der Waals surface area contributed by atoms with E-state index in [1.165, 1.54) is 0 Å². The maximum absolute atomic E-state index is 4.45. The van der Waals surface area contributed by atoms with Gasteiger partial charge in [0, 0.05) is 6.42 Å².